The van der Waals surface area contributed by atoms with Crippen LogP contribution in [-0.4, -0.2) is 34.2 Å². The molecule has 0 aliphatic carbocycles. The Hall–Kier alpha value is -2.42. The van der Waals surface area contributed by atoms with Gasteiger partial charge in [-0.25, -0.2) is 4.39 Å². The molecular weight excluding hydrogens is 378 g/mol. The normalized spacial score (nSPS) is 11.5. The molecule has 5 nitrogen and oxygen atoms in total. The molecule has 0 spiro atoms. The highest BCUT2D eigenvalue weighted by atomic mass is 35.5. The van der Waals surface area contributed by atoms with Gasteiger partial charge in [0.25, 0.3) is 5.91 Å². The zero-order valence-corrected chi connectivity index (χ0v) is 14.7. The summed E-state index contributed by atoms with van der Waals surface area (Å²) in [5, 5.41) is 3.36. The van der Waals surface area contributed by atoms with Crippen LogP contribution in [0.15, 0.2) is 23.0 Å². The van der Waals surface area contributed by atoms with E-state index in [1.165, 1.54) is 11.9 Å². The highest BCUT2D eigenvalue weighted by molar-refractivity contribution is 6.34. The lowest BCUT2D eigenvalue weighted by Crippen LogP contribution is -2.27. The molecule has 0 unspecified atom stereocenters. The average molecular weight is 392 g/mol. The molecule has 26 heavy (non-hydrogen) atoms. The van der Waals surface area contributed by atoms with Gasteiger partial charge >= 0.3 is 6.18 Å². The van der Waals surface area contributed by atoms with Crippen molar-refractivity contribution in [1.82, 2.24) is 14.7 Å². The van der Waals surface area contributed by atoms with Gasteiger partial charge in [0, 0.05) is 32.3 Å². The lowest BCUT2D eigenvalue weighted by molar-refractivity contribution is -0.144. The van der Waals surface area contributed by atoms with Crippen molar-refractivity contribution in [3.8, 4) is 11.3 Å². The second kappa shape index (κ2) is 7.06. The van der Waals surface area contributed by atoms with Crippen LogP contribution in [0.1, 0.15) is 23.0 Å². The third kappa shape index (κ3) is 3.72. The maximum Gasteiger partial charge on any atom is 0.433 e. The van der Waals surface area contributed by atoms with Crippen molar-refractivity contribution < 1.29 is 22.4 Å². The average Bonchev–Trinajstić information content (AvgIpc) is 2.54. The summed E-state index contributed by atoms with van der Waals surface area (Å²) in [6, 6.07) is 2.17. The number of carbonyl (C=O) groups excluding carboxylic acids is 1. The van der Waals surface area contributed by atoms with Crippen LogP contribution >= 0.6 is 11.6 Å². The molecule has 0 radical (unpaired) electrons. The predicted octanol–water partition coefficient (Wildman–Crippen LogP) is 3.35. The molecule has 0 atom stereocenters. The molecule has 0 aliphatic rings. The van der Waals surface area contributed by atoms with E-state index in [0.29, 0.717) is 17.3 Å². The molecule has 1 aromatic carbocycles. The van der Waals surface area contributed by atoms with Gasteiger partial charge in [0.05, 0.1) is 10.6 Å². The fourth-order valence-corrected chi connectivity index (χ4v) is 2.47. The molecule has 1 aromatic heterocycles. The van der Waals surface area contributed by atoms with Gasteiger partial charge in [-0.15, -0.1) is 0 Å². The first-order valence-corrected chi connectivity index (χ1v) is 7.75. The van der Waals surface area contributed by atoms with Crippen molar-refractivity contribution in [2.24, 2.45) is 7.05 Å². The fourth-order valence-electron chi connectivity index (χ4n) is 2.23. The number of benzene rings is 1. The predicted molar refractivity (Wildman–Crippen MR) is 87.5 cm³/mol. The Labute approximate surface area is 150 Å². The van der Waals surface area contributed by atoms with E-state index < -0.39 is 40.3 Å². The lowest BCUT2D eigenvalue weighted by atomic mass is 10.1. The van der Waals surface area contributed by atoms with Crippen molar-refractivity contribution in [2.75, 3.05) is 13.6 Å². The summed E-state index contributed by atoms with van der Waals surface area (Å²) < 4.78 is 53.3. The van der Waals surface area contributed by atoms with Crippen LogP contribution in [0.4, 0.5) is 17.6 Å². The number of carbonyl (C=O) groups is 1. The molecule has 0 N–H and O–H groups in total. The van der Waals surface area contributed by atoms with Crippen LogP contribution in [0.3, 0.4) is 0 Å². The largest absolute Gasteiger partial charge is 0.433 e. The van der Waals surface area contributed by atoms with Gasteiger partial charge in [-0.05, 0) is 19.1 Å². The van der Waals surface area contributed by atoms with Gasteiger partial charge in [-0.2, -0.15) is 18.3 Å². The highest BCUT2D eigenvalue weighted by Crippen LogP contribution is 2.30. The third-order valence-corrected chi connectivity index (χ3v) is 4.07. The van der Waals surface area contributed by atoms with Gasteiger partial charge in [0.1, 0.15) is 17.2 Å². The van der Waals surface area contributed by atoms with Crippen LogP contribution in [0, 0.1) is 5.82 Å². The maximum absolute atomic E-state index is 14.3. The molecule has 2 rings (SSSR count). The Balaban J connectivity index is 2.68. The topological polar surface area (TPSA) is 55.2 Å². The zero-order valence-electron chi connectivity index (χ0n) is 14.0. The molecule has 10 heteroatoms. The minimum absolute atomic E-state index is 0.0869. The second-order valence-electron chi connectivity index (χ2n) is 5.50. The number of amides is 1. The summed E-state index contributed by atoms with van der Waals surface area (Å²) in [7, 11) is 2.48. The van der Waals surface area contributed by atoms with E-state index in [9.17, 15) is 27.2 Å². The van der Waals surface area contributed by atoms with Crippen LogP contribution in [0.25, 0.3) is 11.3 Å². The fraction of sp³-hybridized carbons (Fsp3) is 0.312. The minimum atomic E-state index is -4.79. The summed E-state index contributed by atoms with van der Waals surface area (Å²) in [6.07, 6.45) is -4.79. The number of nitrogens with zero attached hydrogens (tertiary/aromatic N) is 3. The van der Waals surface area contributed by atoms with Crippen LogP contribution in [0.5, 0.6) is 0 Å². The van der Waals surface area contributed by atoms with Crippen LogP contribution in [0.2, 0.25) is 5.02 Å². The van der Waals surface area contributed by atoms with E-state index in [-0.39, 0.29) is 10.6 Å². The lowest BCUT2D eigenvalue weighted by Gasteiger charge is -2.17. The molecule has 0 bridgehead atoms. The molecule has 0 saturated carbocycles. The van der Waals surface area contributed by atoms with Crippen LogP contribution in [-0.2, 0) is 13.2 Å². The Morgan fingerprint density at radius 1 is 1.31 bits per heavy atom. The Morgan fingerprint density at radius 3 is 2.46 bits per heavy atom. The van der Waals surface area contributed by atoms with E-state index in [4.69, 9.17) is 11.6 Å². The van der Waals surface area contributed by atoms with E-state index in [1.54, 1.807) is 6.92 Å². The Kier molecular flexibility index (Phi) is 5.41. The number of hydrogen-bond acceptors (Lipinski definition) is 3. The minimum Gasteiger partial charge on any atom is -0.342 e. The van der Waals surface area contributed by atoms with Gasteiger partial charge in [-0.1, -0.05) is 11.6 Å². The SMILES string of the molecule is CCN(C)C(=O)c1cc(-c2nn(C)c(C(F)(F)F)cc2=O)c(F)cc1Cl. The van der Waals surface area contributed by atoms with Gasteiger partial charge < -0.3 is 4.90 Å². The van der Waals surface area contributed by atoms with Gasteiger partial charge in [0.2, 0.25) is 5.43 Å². The van der Waals surface area contributed by atoms with Crippen molar-refractivity contribution in [3.05, 3.63) is 50.5 Å². The van der Waals surface area contributed by atoms with E-state index in [2.05, 4.69) is 5.10 Å². The number of hydrogen-bond donors (Lipinski definition) is 0. The quantitative estimate of drug-likeness (QED) is 0.754. The van der Waals surface area contributed by atoms with E-state index in [0.717, 1.165) is 19.2 Å². The molecule has 1 heterocycles. The molecular formula is C16H14ClF4N3O2. The Morgan fingerprint density at radius 2 is 1.92 bits per heavy atom. The number of halogens is 5. The standard InChI is InChI=1S/C16H14ClF4N3O2/c1-4-23(2)15(26)8-5-9(11(18)6-10(8)17)14-12(25)7-13(16(19,20)21)24(3)22-14/h5-7H,4H2,1-3H3. The summed E-state index contributed by atoms with van der Waals surface area (Å²) in [4.78, 5) is 25.7. The molecule has 2 aromatic rings. The van der Waals surface area contributed by atoms with Gasteiger partial charge in [-0.3, -0.25) is 14.3 Å². The monoisotopic (exact) mass is 391 g/mol. The Bertz CT molecular complexity index is 925. The van der Waals surface area contributed by atoms with Crippen molar-refractivity contribution >= 4 is 17.5 Å². The molecule has 1 amide bonds. The van der Waals surface area contributed by atoms with Crippen LogP contribution < -0.4 is 5.43 Å². The summed E-state index contributed by atoms with van der Waals surface area (Å²) in [6.45, 7) is 2.06. The van der Waals surface area contributed by atoms with E-state index >= 15 is 0 Å². The summed E-state index contributed by atoms with van der Waals surface area (Å²) in [5.41, 5.74) is -3.45. The van der Waals surface area contributed by atoms with Crippen molar-refractivity contribution in [1.29, 1.82) is 0 Å². The summed E-state index contributed by atoms with van der Waals surface area (Å²) >= 11 is 5.90. The van der Waals surface area contributed by atoms with Gasteiger partial charge in [0.15, 0.2) is 0 Å². The zero-order chi connectivity index (χ0) is 19.8. The second-order valence-corrected chi connectivity index (χ2v) is 5.90. The molecule has 0 saturated heterocycles. The van der Waals surface area contributed by atoms with Crippen molar-refractivity contribution in [3.63, 3.8) is 0 Å². The maximum atomic E-state index is 14.3. The number of aryl methyl sites for hydroxylation is 1. The highest BCUT2D eigenvalue weighted by Gasteiger charge is 2.35. The first kappa shape index (κ1) is 19.9. The summed E-state index contributed by atoms with van der Waals surface area (Å²) in [5.74, 6) is -1.50. The first-order chi connectivity index (χ1) is 12.0. The number of alkyl halides is 3. The number of rotatable bonds is 3. The van der Waals surface area contributed by atoms with E-state index in [1.807, 2.05) is 0 Å². The third-order valence-electron chi connectivity index (χ3n) is 3.75. The smallest absolute Gasteiger partial charge is 0.342 e. The number of aromatic nitrogens is 2. The molecule has 0 aliphatic heterocycles. The molecule has 140 valence electrons. The molecule has 0 fully saturated rings. The first-order valence-electron chi connectivity index (χ1n) is 7.37. The van der Waals surface area contributed by atoms with Crippen molar-refractivity contribution in [2.45, 2.75) is 13.1 Å².